The van der Waals surface area contributed by atoms with Crippen molar-refractivity contribution in [3.05, 3.63) is 192 Å². The van der Waals surface area contributed by atoms with E-state index < -0.39 is 0 Å². The van der Waals surface area contributed by atoms with E-state index in [-0.39, 0.29) is 5.41 Å². The van der Waals surface area contributed by atoms with Crippen molar-refractivity contribution >= 4 is 32.3 Å². The minimum atomic E-state index is -0.353. The van der Waals surface area contributed by atoms with Gasteiger partial charge in [0.2, 0.25) is 0 Å². The Hall–Kier alpha value is -6.24. The summed E-state index contributed by atoms with van der Waals surface area (Å²) in [5, 5.41) is 7.92. The molecule has 224 valence electrons. The summed E-state index contributed by atoms with van der Waals surface area (Å²) in [7, 11) is 0. The molecule has 0 unspecified atom stereocenters. The van der Waals surface area contributed by atoms with Gasteiger partial charge in [-0.25, -0.2) is 0 Å². The lowest BCUT2D eigenvalue weighted by Gasteiger charge is -2.30. The van der Waals surface area contributed by atoms with Crippen LogP contribution in [0.15, 0.2) is 170 Å². The normalized spacial score (nSPS) is 13.9. The fourth-order valence-corrected chi connectivity index (χ4v) is 9.96. The van der Waals surface area contributed by atoms with Crippen molar-refractivity contribution in [3.63, 3.8) is 0 Å². The molecule has 1 spiro atoms. The van der Waals surface area contributed by atoms with Crippen LogP contribution in [-0.4, -0.2) is 0 Å². The summed E-state index contributed by atoms with van der Waals surface area (Å²) in [6.07, 6.45) is 0. The minimum absolute atomic E-state index is 0.353. The van der Waals surface area contributed by atoms with Gasteiger partial charge in [0.25, 0.3) is 0 Å². The van der Waals surface area contributed by atoms with Gasteiger partial charge in [0, 0.05) is 0 Å². The number of hydrogen-bond acceptors (Lipinski definition) is 0. The monoisotopic (exact) mass is 616 g/mol. The largest absolute Gasteiger partial charge is 0.0725 e. The molecule has 0 saturated carbocycles. The van der Waals surface area contributed by atoms with Crippen LogP contribution in [0.3, 0.4) is 0 Å². The van der Waals surface area contributed by atoms with Gasteiger partial charge in [0.05, 0.1) is 5.41 Å². The zero-order valence-corrected chi connectivity index (χ0v) is 26.7. The highest BCUT2D eigenvalue weighted by molar-refractivity contribution is 6.22. The average molecular weight is 617 g/mol. The van der Waals surface area contributed by atoms with Crippen LogP contribution in [0.25, 0.3) is 88.0 Å². The molecule has 49 heavy (non-hydrogen) atoms. The topological polar surface area (TPSA) is 0 Å². The van der Waals surface area contributed by atoms with Crippen molar-refractivity contribution in [2.24, 2.45) is 0 Å². The molecule has 3 aliphatic carbocycles. The first kappa shape index (κ1) is 25.8. The molecule has 9 aromatic rings. The summed E-state index contributed by atoms with van der Waals surface area (Å²) in [5.74, 6) is 0. The van der Waals surface area contributed by atoms with Gasteiger partial charge in [-0.3, -0.25) is 0 Å². The summed E-state index contributed by atoms with van der Waals surface area (Å²) in [4.78, 5) is 0. The second-order valence-electron chi connectivity index (χ2n) is 13.9. The van der Waals surface area contributed by atoms with E-state index in [0.717, 1.165) is 0 Å². The molecule has 0 N–H and O–H groups in total. The van der Waals surface area contributed by atoms with E-state index in [4.69, 9.17) is 0 Å². The molecule has 3 aliphatic rings. The van der Waals surface area contributed by atoms with Gasteiger partial charge in [-0.15, -0.1) is 0 Å². The summed E-state index contributed by atoms with van der Waals surface area (Å²) >= 11 is 0. The maximum absolute atomic E-state index is 2.57. The summed E-state index contributed by atoms with van der Waals surface area (Å²) < 4.78 is 0. The smallest absolute Gasteiger partial charge is 0.0619 e. The van der Waals surface area contributed by atoms with Crippen molar-refractivity contribution in [1.82, 2.24) is 0 Å². The Labute approximate surface area is 284 Å². The van der Waals surface area contributed by atoms with Gasteiger partial charge in [-0.1, -0.05) is 158 Å². The van der Waals surface area contributed by atoms with Crippen molar-refractivity contribution in [2.75, 3.05) is 0 Å². The number of rotatable bonds is 1. The van der Waals surface area contributed by atoms with Gasteiger partial charge >= 0.3 is 0 Å². The molecule has 0 nitrogen and oxygen atoms in total. The Morgan fingerprint density at radius 3 is 1.69 bits per heavy atom. The second-order valence-corrected chi connectivity index (χ2v) is 13.9. The molecule has 0 saturated heterocycles. The molecule has 12 rings (SSSR count). The number of hydrogen-bond donors (Lipinski definition) is 0. The molecular weight excluding hydrogens is 589 g/mol. The van der Waals surface area contributed by atoms with E-state index in [0.29, 0.717) is 0 Å². The molecule has 0 heterocycles. The van der Waals surface area contributed by atoms with E-state index in [2.05, 4.69) is 170 Å². The summed E-state index contributed by atoms with van der Waals surface area (Å²) in [6, 6.07) is 64.1. The Morgan fingerprint density at radius 1 is 0.286 bits per heavy atom. The van der Waals surface area contributed by atoms with E-state index in [1.807, 2.05) is 0 Å². The maximum Gasteiger partial charge on any atom is 0.0725 e. The Balaban J connectivity index is 1.15. The Bertz CT molecular complexity index is 2890. The lowest BCUT2D eigenvalue weighted by molar-refractivity contribution is 0.795. The molecule has 0 radical (unpaired) electrons. The van der Waals surface area contributed by atoms with E-state index in [1.165, 1.54) is 110 Å². The third kappa shape index (κ3) is 3.02. The quantitative estimate of drug-likeness (QED) is 0.161. The first-order valence-electron chi connectivity index (χ1n) is 17.3. The molecule has 0 aromatic heterocycles. The van der Waals surface area contributed by atoms with Crippen molar-refractivity contribution in [3.8, 4) is 55.6 Å². The van der Waals surface area contributed by atoms with Crippen LogP contribution in [0.2, 0.25) is 0 Å². The standard InChI is InChI=1S/C49H28/c1-2-12-31-29(11-1)23-25-34-32(16-9-17-33(31)34)30-24-26-35-41(27-30)38-18-10-19-40-47(38)42(35)28-46-48(40)39-15-5-8-22-45(39)49(46)43-20-6-3-13-36(43)37-14-4-7-21-44(37)49/h1-28H. The van der Waals surface area contributed by atoms with E-state index >= 15 is 0 Å². The van der Waals surface area contributed by atoms with Gasteiger partial charge in [0.1, 0.15) is 0 Å². The first-order chi connectivity index (χ1) is 24.3. The van der Waals surface area contributed by atoms with Crippen molar-refractivity contribution < 1.29 is 0 Å². The van der Waals surface area contributed by atoms with Crippen LogP contribution >= 0.6 is 0 Å². The lowest BCUT2D eigenvalue weighted by Crippen LogP contribution is -2.25. The van der Waals surface area contributed by atoms with Crippen LogP contribution in [0.1, 0.15) is 22.3 Å². The predicted octanol–water partition coefficient (Wildman–Crippen LogP) is 12.8. The molecule has 0 fully saturated rings. The summed E-state index contributed by atoms with van der Waals surface area (Å²) in [5.41, 5.74) is 18.5. The highest BCUT2D eigenvalue weighted by Gasteiger charge is 2.52. The highest BCUT2D eigenvalue weighted by atomic mass is 14.5. The van der Waals surface area contributed by atoms with Gasteiger partial charge in [-0.05, 0) is 122 Å². The predicted molar refractivity (Wildman–Crippen MR) is 205 cm³/mol. The minimum Gasteiger partial charge on any atom is -0.0619 e. The number of benzene rings is 9. The fraction of sp³-hybridized carbons (Fsp3) is 0.0204. The van der Waals surface area contributed by atoms with Crippen LogP contribution in [0, 0.1) is 0 Å². The first-order valence-corrected chi connectivity index (χ1v) is 17.3. The Morgan fingerprint density at radius 2 is 0.898 bits per heavy atom. The lowest BCUT2D eigenvalue weighted by atomic mass is 9.70. The van der Waals surface area contributed by atoms with Gasteiger partial charge in [-0.2, -0.15) is 0 Å². The SMILES string of the molecule is c1ccc2c(c1)-c1ccccc1C21c2ccccc2-c2c1cc1c3c(cccc23)-c2cc(-c3cccc4c3ccc3ccccc34)ccc2-1. The van der Waals surface area contributed by atoms with Gasteiger partial charge < -0.3 is 0 Å². The molecule has 0 heteroatoms. The third-order valence-electron chi connectivity index (χ3n) is 11.8. The highest BCUT2D eigenvalue weighted by Crippen LogP contribution is 2.65. The van der Waals surface area contributed by atoms with Crippen LogP contribution in [0.5, 0.6) is 0 Å². The van der Waals surface area contributed by atoms with Crippen molar-refractivity contribution in [2.45, 2.75) is 5.41 Å². The fourth-order valence-electron chi connectivity index (χ4n) is 9.96. The zero-order chi connectivity index (χ0) is 31.8. The van der Waals surface area contributed by atoms with Crippen LogP contribution in [0.4, 0.5) is 0 Å². The molecular formula is C49H28. The molecule has 0 amide bonds. The molecule has 0 bridgehead atoms. The maximum atomic E-state index is 2.57. The number of fused-ring (bicyclic) bond motifs is 17. The molecule has 0 aliphatic heterocycles. The average Bonchev–Trinajstić information content (AvgIpc) is 3.77. The summed E-state index contributed by atoms with van der Waals surface area (Å²) in [6.45, 7) is 0. The van der Waals surface area contributed by atoms with Crippen molar-refractivity contribution in [1.29, 1.82) is 0 Å². The third-order valence-corrected chi connectivity index (χ3v) is 11.8. The molecule has 9 aromatic carbocycles. The van der Waals surface area contributed by atoms with E-state index in [1.54, 1.807) is 0 Å². The van der Waals surface area contributed by atoms with Gasteiger partial charge in [0.15, 0.2) is 0 Å². The Kier molecular flexibility index (Phi) is 4.74. The molecule has 0 atom stereocenters. The zero-order valence-electron chi connectivity index (χ0n) is 26.7. The second kappa shape index (κ2) is 9.01. The van der Waals surface area contributed by atoms with E-state index in [9.17, 15) is 0 Å². The van der Waals surface area contributed by atoms with Crippen LogP contribution in [-0.2, 0) is 5.41 Å². The van der Waals surface area contributed by atoms with Crippen LogP contribution < -0.4 is 0 Å².